The number of alkyl halides is 3. The van der Waals surface area contributed by atoms with Gasteiger partial charge < -0.3 is 33.9 Å². The Morgan fingerprint density at radius 3 is 2.24 bits per heavy atom. The molecular formula is C32H39F4N3O7. The van der Waals surface area contributed by atoms with Crippen molar-refractivity contribution in [1.29, 1.82) is 0 Å². The highest BCUT2D eigenvalue weighted by atomic mass is 19.4. The lowest BCUT2D eigenvalue weighted by Crippen LogP contribution is -2.34. The highest BCUT2D eigenvalue weighted by Gasteiger charge is 2.42. The number of ketones is 1. The predicted octanol–water partition coefficient (Wildman–Crippen LogP) is 4.66. The Bertz CT molecular complexity index is 1520. The summed E-state index contributed by atoms with van der Waals surface area (Å²) in [5.74, 6) is -4.47. The number of anilines is 1. The van der Waals surface area contributed by atoms with Gasteiger partial charge in [0, 0.05) is 37.9 Å². The van der Waals surface area contributed by atoms with Gasteiger partial charge in [0.25, 0.3) is 0 Å². The molecule has 46 heavy (non-hydrogen) atoms. The van der Waals surface area contributed by atoms with Crippen LogP contribution in [0.4, 0.5) is 23.2 Å². The number of Topliss-reactive ketones (excluding diaryl/α,β-unsaturated/α-hetero) is 1. The fraction of sp³-hybridized carbons (Fsp3) is 0.531. The number of β-amino-alcohol motifs (C(OH)–C–C–N with tert-alkyl or cyclic N) is 1. The van der Waals surface area contributed by atoms with Gasteiger partial charge in [-0.2, -0.15) is 18.2 Å². The van der Waals surface area contributed by atoms with E-state index in [0.717, 1.165) is 4.90 Å². The lowest BCUT2D eigenvalue weighted by molar-refractivity contribution is -0.169. The maximum Gasteiger partial charge on any atom is 0.473 e. The molecule has 0 unspecified atom stereocenters. The van der Waals surface area contributed by atoms with E-state index in [-0.39, 0.29) is 54.5 Å². The Morgan fingerprint density at radius 1 is 1.02 bits per heavy atom. The number of ether oxygens (including phenoxy) is 4. The van der Waals surface area contributed by atoms with Crippen molar-refractivity contribution in [2.75, 3.05) is 52.0 Å². The second-order valence-electron chi connectivity index (χ2n) is 12.0. The zero-order valence-electron chi connectivity index (χ0n) is 26.9. The number of carbonyl (C=O) groups excluding carboxylic acids is 2. The van der Waals surface area contributed by atoms with E-state index in [1.54, 1.807) is 26.0 Å². The quantitative estimate of drug-likeness (QED) is 0.289. The van der Waals surface area contributed by atoms with Crippen LogP contribution in [0.15, 0.2) is 23.2 Å². The fourth-order valence-corrected chi connectivity index (χ4v) is 5.65. The first-order chi connectivity index (χ1) is 21.5. The summed E-state index contributed by atoms with van der Waals surface area (Å²) in [7, 11) is 2.99. The molecule has 2 aromatic rings. The van der Waals surface area contributed by atoms with Crippen LogP contribution in [0, 0.1) is 5.82 Å². The van der Waals surface area contributed by atoms with Crippen LogP contribution in [0.25, 0.3) is 0 Å². The molecule has 2 aliphatic heterocycles. The number of aliphatic imine (C=N–C) groups is 1. The smallest absolute Gasteiger partial charge is 0.473 e. The number of carbonyl (C=O) groups is 2. The van der Waals surface area contributed by atoms with Crippen molar-refractivity contribution in [1.82, 2.24) is 4.90 Å². The molecule has 252 valence electrons. The maximum absolute atomic E-state index is 15.9. The first-order valence-corrected chi connectivity index (χ1v) is 14.8. The van der Waals surface area contributed by atoms with Gasteiger partial charge in [-0.1, -0.05) is 20.8 Å². The number of hydrogen-bond acceptors (Lipinski definition) is 8. The lowest BCUT2D eigenvalue weighted by atomic mass is 9.84. The SMILES string of the molecule is CCOc1cc2c(c(F)c1OCC)C(=NC(=O)C(F)(F)F)N(CC(=O)c1cc(N3C[C@@H](O)[C@H](OC)C3)c(OC)c(C(C)(C)C)c1)C2. The Kier molecular flexibility index (Phi) is 10.2. The minimum atomic E-state index is -5.33. The first kappa shape index (κ1) is 35.0. The molecule has 2 atom stereocenters. The summed E-state index contributed by atoms with van der Waals surface area (Å²) in [4.78, 5) is 32.3. The van der Waals surface area contributed by atoms with Crippen LogP contribution in [0.2, 0.25) is 0 Å². The second kappa shape index (κ2) is 13.4. The van der Waals surface area contributed by atoms with E-state index >= 15 is 4.39 Å². The van der Waals surface area contributed by atoms with Crippen LogP contribution in [0.1, 0.15) is 61.7 Å². The normalized spacial score (nSPS) is 19.1. The van der Waals surface area contributed by atoms with Crippen LogP contribution in [-0.2, 0) is 21.5 Å². The van der Waals surface area contributed by atoms with Crippen LogP contribution in [-0.4, -0.2) is 93.0 Å². The number of methoxy groups -OCH3 is 2. The van der Waals surface area contributed by atoms with Gasteiger partial charge in [-0.05, 0) is 43.0 Å². The van der Waals surface area contributed by atoms with E-state index in [2.05, 4.69) is 4.99 Å². The first-order valence-electron chi connectivity index (χ1n) is 14.8. The third-order valence-corrected chi connectivity index (χ3v) is 7.81. The largest absolute Gasteiger partial charge is 0.494 e. The fourth-order valence-electron chi connectivity index (χ4n) is 5.65. The predicted molar refractivity (Wildman–Crippen MR) is 162 cm³/mol. The number of aliphatic hydroxyl groups is 1. The van der Waals surface area contributed by atoms with Crippen molar-refractivity contribution in [2.45, 2.75) is 65.0 Å². The summed E-state index contributed by atoms with van der Waals surface area (Å²) in [6.45, 7) is 9.01. The standard InChI is InChI=1S/C32H39F4N3O7/c1-8-45-23-12-18-13-39(29(37-30(42)32(34,35)36)25(18)26(33)28(23)46-9-2)14-21(40)17-10-19(31(3,4)5)27(44-7)20(11-17)38-15-22(41)24(16-38)43-6/h10-12,22,24,41H,8-9,13-16H2,1-7H3/t22-,24-/m1/s1. The van der Waals surface area contributed by atoms with Crippen molar-refractivity contribution < 1.29 is 51.2 Å². The number of aliphatic hydroxyl groups excluding tert-OH is 1. The molecule has 1 amide bonds. The third kappa shape index (κ3) is 6.92. The average Bonchev–Trinajstić information content (AvgIpc) is 3.52. The summed E-state index contributed by atoms with van der Waals surface area (Å²) >= 11 is 0. The molecule has 14 heteroatoms. The van der Waals surface area contributed by atoms with Crippen molar-refractivity contribution in [3.63, 3.8) is 0 Å². The molecule has 0 aliphatic carbocycles. The van der Waals surface area contributed by atoms with Gasteiger partial charge in [0.2, 0.25) is 0 Å². The van der Waals surface area contributed by atoms with E-state index in [9.17, 15) is 27.9 Å². The highest BCUT2D eigenvalue weighted by Crippen LogP contribution is 2.43. The van der Waals surface area contributed by atoms with Gasteiger partial charge in [-0.3, -0.25) is 9.59 Å². The molecule has 0 saturated carbocycles. The van der Waals surface area contributed by atoms with Gasteiger partial charge in [-0.15, -0.1) is 0 Å². The Balaban J connectivity index is 1.81. The molecule has 0 spiro atoms. The summed E-state index contributed by atoms with van der Waals surface area (Å²) in [6.07, 6.45) is -6.60. The molecular weight excluding hydrogens is 614 g/mol. The number of halogens is 4. The number of benzene rings is 2. The number of hydrogen-bond donors (Lipinski definition) is 1. The molecule has 2 heterocycles. The molecule has 1 fully saturated rings. The molecule has 1 saturated heterocycles. The number of nitrogens with zero attached hydrogens (tertiary/aromatic N) is 3. The van der Waals surface area contributed by atoms with Crippen LogP contribution >= 0.6 is 0 Å². The highest BCUT2D eigenvalue weighted by molar-refractivity contribution is 6.11. The summed E-state index contributed by atoms with van der Waals surface area (Å²) in [6, 6.07) is 4.65. The molecule has 0 bridgehead atoms. The van der Waals surface area contributed by atoms with Gasteiger partial charge in [-0.25, -0.2) is 4.39 Å². The van der Waals surface area contributed by atoms with Gasteiger partial charge >= 0.3 is 12.1 Å². The zero-order valence-corrected chi connectivity index (χ0v) is 26.9. The molecule has 2 aromatic carbocycles. The number of rotatable bonds is 10. The monoisotopic (exact) mass is 653 g/mol. The summed E-state index contributed by atoms with van der Waals surface area (Å²) in [5, 5.41) is 10.5. The molecule has 2 aliphatic rings. The third-order valence-electron chi connectivity index (χ3n) is 7.81. The minimum absolute atomic E-state index is 0.0288. The average molecular weight is 654 g/mol. The molecule has 4 rings (SSSR count). The molecule has 1 N–H and O–H groups in total. The topological polar surface area (TPSA) is 110 Å². The molecule has 0 radical (unpaired) electrons. The molecule has 0 aromatic heterocycles. The van der Waals surface area contributed by atoms with E-state index in [1.807, 2.05) is 25.7 Å². The number of fused-ring (bicyclic) bond motifs is 1. The Morgan fingerprint density at radius 2 is 1.70 bits per heavy atom. The number of amides is 1. The summed E-state index contributed by atoms with van der Waals surface area (Å²) < 4.78 is 78.2. The van der Waals surface area contributed by atoms with Gasteiger partial charge in [0.05, 0.1) is 44.2 Å². The van der Waals surface area contributed by atoms with E-state index in [1.165, 1.54) is 20.3 Å². The van der Waals surface area contributed by atoms with Crippen LogP contribution < -0.4 is 19.1 Å². The molecule has 10 nitrogen and oxygen atoms in total. The van der Waals surface area contributed by atoms with E-state index in [0.29, 0.717) is 23.5 Å². The summed E-state index contributed by atoms with van der Waals surface area (Å²) in [5.41, 5.74) is 0.675. The van der Waals surface area contributed by atoms with Crippen LogP contribution in [0.5, 0.6) is 17.2 Å². The maximum atomic E-state index is 15.9. The van der Waals surface area contributed by atoms with E-state index < -0.39 is 53.7 Å². The van der Waals surface area contributed by atoms with Gasteiger partial charge in [0.15, 0.2) is 23.1 Å². The Hall–Kier alpha value is -3.91. The van der Waals surface area contributed by atoms with Crippen LogP contribution in [0.3, 0.4) is 0 Å². The second-order valence-corrected chi connectivity index (χ2v) is 12.0. The van der Waals surface area contributed by atoms with Crippen molar-refractivity contribution in [3.8, 4) is 17.2 Å². The lowest BCUT2D eigenvalue weighted by Gasteiger charge is -2.29. The van der Waals surface area contributed by atoms with Crippen molar-refractivity contribution in [2.24, 2.45) is 4.99 Å². The van der Waals surface area contributed by atoms with Crippen molar-refractivity contribution in [3.05, 3.63) is 46.3 Å². The Labute approximate surface area is 264 Å². The van der Waals surface area contributed by atoms with E-state index in [4.69, 9.17) is 18.9 Å². The number of amidine groups is 1. The minimum Gasteiger partial charge on any atom is -0.494 e. The zero-order chi connectivity index (χ0) is 34.1. The van der Waals surface area contributed by atoms with Crippen molar-refractivity contribution >= 4 is 23.2 Å². The van der Waals surface area contributed by atoms with Gasteiger partial charge in [0.1, 0.15) is 17.7 Å².